The zero-order valence-corrected chi connectivity index (χ0v) is 23.2. The van der Waals surface area contributed by atoms with Crippen LogP contribution >= 0.6 is 0 Å². The number of aromatic amines is 1. The number of aromatic nitrogens is 3. The third-order valence-corrected chi connectivity index (χ3v) is 8.76. The van der Waals surface area contributed by atoms with E-state index in [4.69, 9.17) is 0 Å². The summed E-state index contributed by atoms with van der Waals surface area (Å²) < 4.78 is 32.0. The number of nitrogens with zero attached hydrogens (tertiary/aromatic N) is 3. The number of H-pyrrole nitrogens is 1. The van der Waals surface area contributed by atoms with Crippen molar-refractivity contribution in [1.29, 1.82) is 0 Å². The van der Waals surface area contributed by atoms with Crippen LogP contribution in [0, 0.1) is 0 Å². The predicted octanol–water partition coefficient (Wildman–Crippen LogP) is 3.53. The van der Waals surface area contributed by atoms with Crippen molar-refractivity contribution in [3.8, 4) is 11.3 Å². The van der Waals surface area contributed by atoms with Gasteiger partial charge < -0.3 is 4.98 Å². The van der Waals surface area contributed by atoms with Crippen molar-refractivity contribution in [1.82, 2.24) is 23.7 Å². The van der Waals surface area contributed by atoms with Gasteiger partial charge in [-0.15, -0.1) is 0 Å². The average molecular weight is 550 g/mol. The summed E-state index contributed by atoms with van der Waals surface area (Å²) in [7, 11) is -3.69. The molecule has 2 aromatic heterocycles. The lowest BCUT2D eigenvalue weighted by Crippen LogP contribution is -2.39. The van der Waals surface area contributed by atoms with Crippen LogP contribution in [-0.2, 0) is 29.7 Å². The van der Waals surface area contributed by atoms with Gasteiger partial charge in [0.25, 0.3) is 5.56 Å². The molecule has 206 valence electrons. The molecular weight excluding hydrogens is 514 g/mol. The first-order valence-corrected chi connectivity index (χ1v) is 15.0. The number of hydrogen-bond acceptors (Lipinski definition) is 5. The molecule has 4 aromatic rings. The second-order valence-electron chi connectivity index (χ2n) is 10.2. The maximum Gasteiger partial charge on any atom is 0.331 e. The normalized spacial score (nSPS) is 16.3. The maximum atomic E-state index is 13.1. The standard InChI is InChI=1S/C29H35N5O4S/c1-3-15-33-26-18-25(30-27(26)28(35)34(16-4-2)29(33)36)22-10-12-24(13-11-22)39(37,38)31-23-14-17-32(20-23)19-21-8-6-5-7-9-21/h5-13,18,23,30-31H,3-4,14-17,19-20H2,1-2H3. The number of sulfonamides is 1. The molecule has 0 spiro atoms. The fourth-order valence-corrected chi connectivity index (χ4v) is 6.58. The number of rotatable bonds is 10. The first kappa shape index (κ1) is 27.1. The predicted molar refractivity (Wildman–Crippen MR) is 153 cm³/mol. The fraction of sp³-hybridized carbons (Fsp3) is 0.379. The lowest BCUT2D eigenvalue weighted by molar-refractivity contribution is 0.324. The Balaban J connectivity index is 1.34. The van der Waals surface area contributed by atoms with E-state index in [1.165, 1.54) is 10.1 Å². The van der Waals surface area contributed by atoms with Crippen LogP contribution in [0.25, 0.3) is 22.3 Å². The molecule has 0 bridgehead atoms. The minimum atomic E-state index is -3.69. The van der Waals surface area contributed by atoms with Crippen LogP contribution in [0.2, 0.25) is 0 Å². The molecule has 1 saturated heterocycles. The SMILES string of the molecule is CCCn1c(=O)c2[nH]c(-c3ccc(S(=O)(=O)NC4CCN(Cc5ccccc5)C4)cc3)cc2n(CCC)c1=O. The van der Waals surface area contributed by atoms with Gasteiger partial charge in [0.05, 0.1) is 10.4 Å². The van der Waals surface area contributed by atoms with E-state index in [-0.39, 0.29) is 22.2 Å². The maximum absolute atomic E-state index is 13.1. The van der Waals surface area contributed by atoms with Crippen LogP contribution in [-0.4, -0.2) is 46.6 Å². The number of nitrogens with one attached hydrogen (secondary N) is 2. The second-order valence-corrected chi connectivity index (χ2v) is 11.9. The van der Waals surface area contributed by atoms with Gasteiger partial charge in [0.2, 0.25) is 10.0 Å². The molecule has 3 heterocycles. The van der Waals surface area contributed by atoms with Gasteiger partial charge in [-0.2, -0.15) is 0 Å². The number of fused-ring (bicyclic) bond motifs is 1. The molecule has 5 rings (SSSR count). The molecule has 0 aliphatic carbocycles. The lowest BCUT2D eigenvalue weighted by atomic mass is 10.1. The van der Waals surface area contributed by atoms with E-state index in [1.807, 2.05) is 32.0 Å². The Morgan fingerprint density at radius 1 is 0.949 bits per heavy atom. The van der Waals surface area contributed by atoms with Gasteiger partial charge in [-0.05, 0) is 48.6 Å². The smallest absolute Gasteiger partial charge is 0.331 e. The van der Waals surface area contributed by atoms with E-state index in [0.717, 1.165) is 31.5 Å². The third kappa shape index (κ3) is 5.63. The molecule has 39 heavy (non-hydrogen) atoms. The highest BCUT2D eigenvalue weighted by molar-refractivity contribution is 7.89. The molecule has 0 saturated carbocycles. The van der Waals surface area contributed by atoms with E-state index in [0.29, 0.717) is 42.8 Å². The van der Waals surface area contributed by atoms with Gasteiger partial charge in [0.1, 0.15) is 5.52 Å². The Morgan fingerprint density at radius 2 is 1.64 bits per heavy atom. The van der Waals surface area contributed by atoms with E-state index < -0.39 is 10.0 Å². The van der Waals surface area contributed by atoms with Crippen LogP contribution in [0.1, 0.15) is 38.7 Å². The molecule has 1 fully saturated rings. The number of aryl methyl sites for hydroxylation is 1. The van der Waals surface area contributed by atoms with Gasteiger partial charge in [-0.3, -0.25) is 18.8 Å². The van der Waals surface area contributed by atoms with Crippen molar-refractivity contribution < 1.29 is 8.42 Å². The second kappa shape index (κ2) is 11.3. The van der Waals surface area contributed by atoms with Crippen molar-refractivity contribution in [2.24, 2.45) is 0 Å². The zero-order valence-electron chi connectivity index (χ0n) is 22.4. The van der Waals surface area contributed by atoms with Crippen LogP contribution < -0.4 is 16.0 Å². The molecule has 9 nitrogen and oxygen atoms in total. The highest BCUT2D eigenvalue weighted by atomic mass is 32.2. The molecule has 0 amide bonds. The van der Waals surface area contributed by atoms with E-state index in [2.05, 4.69) is 26.7 Å². The highest BCUT2D eigenvalue weighted by Gasteiger charge is 2.27. The van der Waals surface area contributed by atoms with Crippen molar-refractivity contribution in [2.75, 3.05) is 13.1 Å². The van der Waals surface area contributed by atoms with Crippen molar-refractivity contribution >= 4 is 21.1 Å². The Hall–Kier alpha value is -3.47. The summed E-state index contributed by atoms with van der Waals surface area (Å²) in [6.07, 6.45) is 2.19. The monoisotopic (exact) mass is 549 g/mol. The number of benzene rings is 2. The Labute approximate surface area is 228 Å². The summed E-state index contributed by atoms with van der Waals surface area (Å²) in [5.41, 5.74) is 2.91. The number of hydrogen-bond donors (Lipinski definition) is 2. The van der Waals surface area contributed by atoms with Crippen molar-refractivity contribution in [2.45, 2.75) is 63.7 Å². The van der Waals surface area contributed by atoms with Gasteiger partial charge in [-0.1, -0.05) is 56.3 Å². The fourth-order valence-electron chi connectivity index (χ4n) is 5.32. The molecule has 10 heteroatoms. The molecule has 2 aromatic carbocycles. The van der Waals surface area contributed by atoms with Crippen molar-refractivity contribution in [3.05, 3.63) is 87.1 Å². The Morgan fingerprint density at radius 3 is 2.33 bits per heavy atom. The van der Waals surface area contributed by atoms with E-state index >= 15 is 0 Å². The van der Waals surface area contributed by atoms with Gasteiger partial charge in [0.15, 0.2) is 0 Å². The summed E-state index contributed by atoms with van der Waals surface area (Å²) in [5, 5.41) is 0. The van der Waals surface area contributed by atoms with E-state index in [1.54, 1.807) is 34.9 Å². The molecule has 0 radical (unpaired) electrons. The summed E-state index contributed by atoms with van der Waals surface area (Å²) in [5.74, 6) is 0. The molecule has 2 N–H and O–H groups in total. The quantitative estimate of drug-likeness (QED) is 0.315. The van der Waals surface area contributed by atoms with E-state index in [9.17, 15) is 18.0 Å². The molecular formula is C29H35N5O4S. The molecule has 1 aliphatic heterocycles. The topological polar surface area (TPSA) is 109 Å². The van der Waals surface area contributed by atoms with Crippen LogP contribution in [0.5, 0.6) is 0 Å². The summed E-state index contributed by atoms with van der Waals surface area (Å²) in [4.78, 5) is 31.6. The minimum absolute atomic E-state index is 0.146. The average Bonchev–Trinajstić information content (AvgIpc) is 3.57. The highest BCUT2D eigenvalue weighted by Crippen LogP contribution is 2.24. The summed E-state index contributed by atoms with van der Waals surface area (Å²) in [6.45, 7) is 7.08. The van der Waals surface area contributed by atoms with Crippen LogP contribution in [0.15, 0.2) is 75.1 Å². The third-order valence-electron chi connectivity index (χ3n) is 7.22. The Bertz CT molecular complexity index is 1670. The summed E-state index contributed by atoms with van der Waals surface area (Å²) in [6, 6.07) is 18.4. The first-order valence-electron chi connectivity index (χ1n) is 13.6. The zero-order chi connectivity index (χ0) is 27.6. The molecule has 1 atom stereocenters. The van der Waals surface area contributed by atoms with Crippen LogP contribution in [0.4, 0.5) is 0 Å². The van der Waals surface area contributed by atoms with Crippen molar-refractivity contribution in [3.63, 3.8) is 0 Å². The molecule has 1 unspecified atom stereocenters. The Kier molecular flexibility index (Phi) is 7.88. The van der Waals surface area contributed by atoms with Gasteiger partial charge in [0, 0.05) is 44.5 Å². The van der Waals surface area contributed by atoms with Gasteiger partial charge >= 0.3 is 5.69 Å². The number of likely N-dealkylation sites (tertiary alicyclic amines) is 1. The lowest BCUT2D eigenvalue weighted by Gasteiger charge is -2.17. The molecule has 1 aliphatic rings. The minimum Gasteiger partial charge on any atom is -0.349 e. The first-order chi connectivity index (χ1) is 18.8. The largest absolute Gasteiger partial charge is 0.349 e. The summed E-state index contributed by atoms with van der Waals surface area (Å²) >= 11 is 0. The van der Waals surface area contributed by atoms with Crippen LogP contribution in [0.3, 0.4) is 0 Å². The van der Waals surface area contributed by atoms with Gasteiger partial charge in [-0.25, -0.2) is 17.9 Å².